The van der Waals surface area contributed by atoms with Gasteiger partial charge in [-0.2, -0.15) is 0 Å². The zero-order valence-corrected chi connectivity index (χ0v) is 17.2. The van der Waals surface area contributed by atoms with E-state index in [2.05, 4.69) is 31.4 Å². The molecule has 0 aliphatic heterocycles. The summed E-state index contributed by atoms with van der Waals surface area (Å²) >= 11 is 3.15. The summed E-state index contributed by atoms with van der Waals surface area (Å²) in [5, 5.41) is 6.76. The van der Waals surface area contributed by atoms with E-state index in [1.807, 2.05) is 0 Å². The maximum absolute atomic E-state index is 13.9. The minimum absolute atomic E-state index is 0.00157. The highest BCUT2D eigenvalue weighted by atomic mass is 79.9. The van der Waals surface area contributed by atoms with Gasteiger partial charge in [-0.1, -0.05) is 21.1 Å². The first-order chi connectivity index (χ1) is 13.8. The highest BCUT2D eigenvalue weighted by molar-refractivity contribution is 9.10. The van der Waals surface area contributed by atoms with Gasteiger partial charge >= 0.3 is 5.97 Å². The van der Waals surface area contributed by atoms with Gasteiger partial charge in [-0.3, -0.25) is 4.79 Å². The van der Waals surface area contributed by atoms with Crippen LogP contribution in [0.25, 0.3) is 11.1 Å². The molecule has 1 unspecified atom stereocenters. The SMILES string of the molecule is Cc1noc2nc(C3CC3)cc(C(=O)OC(C)C(=O)Nc3ccc(Br)cc3F)c12. The van der Waals surface area contributed by atoms with E-state index >= 15 is 0 Å². The number of nitrogens with zero attached hydrogens (tertiary/aromatic N) is 2. The molecule has 9 heteroatoms. The number of carbonyl (C=O) groups is 2. The number of fused-ring (bicyclic) bond motifs is 1. The van der Waals surface area contributed by atoms with Crippen LogP contribution in [0, 0.1) is 12.7 Å². The molecule has 2 aromatic heterocycles. The van der Waals surface area contributed by atoms with Gasteiger partial charge in [-0.05, 0) is 51.0 Å². The number of aryl methyl sites for hydroxylation is 1. The number of esters is 1. The first-order valence-corrected chi connectivity index (χ1v) is 9.86. The molecule has 4 rings (SSSR count). The first-order valence-electron chi connectivity index (χ1n) is 9.07. The van der Waals surface area contributed by atoms with Crippen LogP contribution in [0.4, 0.5) is 10.1 Å². The zero-order valence-electron chi connectivity index (χ0n) is 15.7. The third-order valence-corrected chi connectivity index (χ3v) is 5.19. The van der Waals surface area contributed by atoms with Gasteiger partial charge in [0, 0.05) is 16.1 Å². The Morgan fingerprint density at radius 3 is 2.79 bits per heavy atom. The number of pyridine rings is 1. The van der Waals surface area contributed by atoms with Crippen molar-refractivity contribution in [2.24, 2.45) is 0 Å². The van der Waals surface area contributed by atoms with Gasteiger partial charge < -0.3 is 14.6 Å². The van der Waals surface area contributed by atoms with Crippen molar-refractivity contribution in [1.82, 2.24) is 10.1 Å². The lowest BCUT2D eigenvalue weighted by molar-refractivity contribution is -0.123. The number of amides is 1. The highest BCUT2D eigenvalue weighted by Gasteiger charge is 2.30. The Hall–Kier alpha value is -2.81. The second kappa shape index (κ2) is 7.55. The summed E-state index contributed by atoms with van der Waals surface area (Å²) in [6.07, 6.45) is 0.855. The topological polar surface area (TPSA) is 94.3 Å². The second-order valence-electron chi connectivity index (χ2n) is 6.98. The molecule has 1 aliphatic rings. The summed E-state index contributed by atoms with van der Waals surface area (Å²) < 4.78 is 25.0. The number of anilines is 1. The number of benzene rings is 1. The average Bonchev–Trinajstić information content (AvgIpc) is 3.46. The van der Waals surface area contributed by atoms with Crippen molar-refractivity contribution in [3.63, 3.8) is 0 Å². The predicted molar refractivity (Wildman–Crippen MR) is 106 cm³/mol. The molecule has 150 valence electrons. The fourth-order valence-corrected chi connectivity index (χ4v) is 3.30. The van der Waals surface area contributed by atoms with Gasteiger partial charge in [0.25, 0.3) is 11.6 Å². The van der Waals surface area contributed by atoms with Crippen molar-refractivity contribution in [1.29, 1.82) is 0 Å². The lowest BCUT2D eigenvalue weighted by Crippen LogP contribution is -2.30. The highest BCUT2D eigenvalue weighted by Crippen LogP contribution is 2.40. The first kappa shape index (κ1) is 19.5. The van der Waals surface area contributed by atoms with Crippen LogP contribution in [-0.2, 0) is 9.53 Å². The largest absolute Gasteiger partial charge is 0.449 e. The molecular weight excluding hydrogens is 445 g/mol. The molecular formula is C20H17BrFN3O4. The van der Waals surface area contributed by atoms with Gasteiger partial charge in [0.15, 0.2) is 6.10 Å². The van der Waals surface area contributed by atoms with Crippen LogP contribution in [0.1, 0.15) is 47.4 Å². The number of rotatable bonds is 5. The van der Waals surface area contributed by atoms with Crippen molar-refractivity contribution in [3.8, 4) is 0 Å². The molecule has 0 bridgehead atoms. The molecule has 1 saturated carbocycles. The average molecular weight is 462 g/mol. The monoisotopic (exact) mass is 461 g/mol. The molecule has 1 fully saturated rings. The molecule has 1 aliphatic carbocycles. The smallest absolute Gasteiger partial charge is 0.339 e. The van der Waals surface area contributed by atoms with Gasteiger partial charge in [0.05, 0.1) is 22.3 Å². The number of nitrogens with one attached hydrogen (secondary N) is 1. The van der Waals surface area contributed by atoms with E-state index in [1.54, 1.807) is 19.1 Å². The van der Waals surface area contributed by atoms with Gasteiger partial charge in [-0.25, -0.2) is 14.2 Å². The van der Waals surface area contributed by atoms with Crippen molar-refractivity contribution in [2.45, 2.75) is 38.7 Å². The molecule has 0 spiro atoms. The Morgan fingerprint density at radius 2 is 2.10 bits per heavy atom. The van der Waals surface area contributed by atoms with E-state index in [0.29, 0.717) is 15.6 Å². The molecule has 0 radical (unpaired) electrons. The van der Waals surface area contributed by atoms with Gasteiger partial charge in [0.1, 0.15) is 5.82 Å². The van der Waals surface area contributed by atoms with E-state index in [4.69, 9.17) is 9.26 Å². The Morgan fingerprint density at radius 1 is 1.34 bits per heavy atom. The fourth-order valence-electron chi connectivity index (χ4n) is 2.97. The van der Waals surface area contributed by atoms with Crippen LogP contribution in [-0.4, -0.2) is 28.1 Å². The van der Waals surface area contributed by atoms with E-state index in [1.165, 1.54) is 19.1 Å². The maximum atomic E-state index is 13.9. The second-order valence-corrected chi connectivity index (χ2v) is 7.89. The molecule has 1 atom stereocenters. The third kappa shape index (κ3) is 4.00. The van der Waals surface area contributed by atoms with Crippen molar-refractivity contribution >= 4 is 44.6 Å². The van der Waals surface area contributed by atoms with E-state index in [9.17, 15) is 14.0 Å². The Labute approximate surface area is 173 Å². The molecule has 7 nitrogen and oxygen atoms in total. The number of aromatic nitrogens is 2. The van der Waals surface area contributed by atoms with Crippen LogP contribution < -0.4 is 5.32 Å². The number of hydrogen-bond acceptors (Lipinski definition) is 6. The quantitative estimate of drug-likeness (QED) is 0.562. The lowest BCUT2D eigenvalue weighted by atomic mass is 10.1. The summed E-state index contributed by atoms with van der Waals surface area (Å²) in [6.45, 7) is 3.12. The maximum Gasteiger partial charge on any atom is 0.339 e. The molecule has 1 amide bonds. The van der Waals surface area contributed by atoms with E-state index in [0.717, 1.165) is 18.5 Å². The molecule has 1 aromatic carbocycles. The van der Waals surface area contributed by atoms with Crippen LogP contribution in [0.15, 0.2) is 33.3 Å². The van der Waals surface area contributed by atoms with Crippen LogP contribution in [0.5, 0.6) is 0 Å². The molecule has 3 aromatic rings. The zero-order chi connectivity index (χ0) is 20.7. The summed E-state index contributed by atoms with van der Waals surface area (Å²) in [7, 11) is 0. The number of carbonyl (C=O) groups excluding carboxylic acids is 2. The fraction of sp³-hybridized carbons (Fsp3) is 0.300. The van der Waals surface area contributed by atoms with E-state index < -0.39 is 23.8 Å². The lowest BCUT2D eigenvalue weighted by Gasteiger charge is -2.14. The van der Waals surface area contributed by atoms with Crippen LogP contribution >= 0.6 is 15.9 Å². The number of hydrogen-bond donors (Lipinski definition) is 1. The normalized spacial score (nSPS) is 14.6. The van der Waals surface area contributed by atoms with E-state index in [-0.39, 0.29) is 22.9 Å². The molecule has 1 N–H and O–H groups in total. The van der Waals surface area contributed by atoms with Gasteiger partial charge in [0.2, 0.25) is 0 Å². The minimum Gasteiger partial charge on any atom is -0.449 e. The molecule has 2 heterocycles. The van der Waals surface area contributed by atoms with Crippen LogP contribution in [0.2, 0.25) is 0 Å². The van der Waals surface area contributed by atoms with Crippen molar-refractivity contribution in [2.75, 3.05) is 5.32 Å². The Bertz CT molecular complexity index is 1130. The number of ether oxygens (including phenoxy) is 1. The standard InChI is InChI=1S/C20H17BrFN3O4/c1-9-17-13(8-16(11-3-4-11)24-19(17)29-25-9)20(27)28-10(2)18(26)23-15-6-5-12(21)7-14(15)22/h5-8,10-11H,3-4H2,1-2H3,(H,23,26). The van der Waals surface area contributed by atoms with Crippen molar-refractivity contribution in [3.05, 3.63) is 51.5 Å². The minimum atomic E-state index is -1.14. The Kier molecular flexibility index (Phi) is 5.08. The van der Waals surface area contributed by atoms with Crippen LogP contribution in [0.3, 0.4) is 0 Å². The summed E-state index contributed by atoms with van der Waals surface area (Å²) in [4.78, 5) is 29.6. The summed E-state index contributed by atoms with van der Waals surface area (Å²) in [5.74, 6) is -1.65. The Balaban J connectivity index is 1.54. The predicted octanol–water partition coefficient (Wildman–Crippen LogP) is 4.49. The number of halogens is 2. The van der Waals surface area contributed by atoms with Crippen molar-refractivity contribution < 1.29 is 23.2 Å². The summed E-state index contributed by atoms with van der Waals surface area (Å²) in [5.41, 5.74) is 1.78. The third-order valence-electron chi connectivity index (χ3n) is 4.69. The summed E-state index contributed by atoms with van der Waals surface area (Å²) in [6, 6.07) is 5.91. The molecule has 0 saturated heterocycles. The molecule has 29 heavy (non-hydrogen) atoms. The van der Waals surface area contributed by atoms with Gasteiger partial charge in [-0.15, -0.1) is 0 Å².